The molecule has 0 saturated carbocycles. The number of aryl methyl sites for hydroxylation is 2. The van der Waals surface area contributed by atoms with Gasteiger partial charge in [-0.3, -0.25) is 51.2 Å². The van der Waals surface area contributed by atoms with E-state index in [-0.39, 0.29) is 11.8 Å². The van der Waals surface area contributed by atoms with E-state index >= 15 is 0 Å². The third-order valence-electron chi connectivity index (χ3n) is 11.2. The van der Waals surface area contributed by atoms with Gasteiger partial charge in [0.05, 0.1) is 22.8 Å². The summed E-state index contributed by atoms with van der Waals surface area (Å²) in [5, 5.41) is 6.05. The third-order valence-corrected chi connectivity index (χ3v) is 11.2. The summed E-state index contributed by atoms with van der Waals surface area (Å²) in [5.41, 5.74) is 21.0. The molecule has 344 valence electrons. The van der Waals surface area contributed by atoms with E-state index in [0.717, 1.165) is 118 Å². The van der Waals surface area contributed by atoms with E-state index in [1.165, 1.54) is 75.3 Å². The lowest BCUT2D eigenvalue weighted by Gasteiger charge is -2.09. The number of carbonyl (C=O) groups excluding carboxylic acids is 2. The maximum Gasteiger partial charge on any atom is 0.220 e. The zero-order chi connectivity index (χ0) is 44.4. The van der Waals surface area contributed by atoms with E-state index in [1.807, 2.05) is 61.2 Å². The molecule has 4 rings (SSSR count). The zero-order valence-electron chi connectivity index (χ0n) is 38.6. The number of aromatic nitrogens is 4. The molecule has 63 heavy (non-hydrogen) atoms. The molecule has 4 aromatic heterocycles. The smallest absolute Gasteiger partial charge is 0.220 e. The van der Waals surface area contributed by atoms with E-state index in [0.29, 0.717) is 25.9 Å². The molecule has 0 aliphatic heterocycles. The fraction of sp³-hybridized carbons (Fsp3) is 0.569. The summed E-state index contributed by atoms with van der Waals surface area (Å²) in [5.74, 6) is 0.229. The summed E-state index contributed by atoms with van der Waals surface area (Å²) in [7, 11) is 0. The summed E-state index contributed by atoms with van der Waals surface area (Å²) in [6.07, 6.45) is 30.6. The van der Waals surface area contributed by atoms with Crippen LogP contribution in [-0.4, -0.2) is 57.9 Å². The molecule has 0 atom stereocenters. The van der Waals surface area contributed by atoms with Crippen molar-refractivity contribution >= 4 is 11.8 Å². The van der Waals surface area contributed by atoms with Crippen molar-refractivity contribution in [2.75, 3.05) is 26.2 Å². The topological polar surface area (TPSA) is 158 Å². The van der Waals surface area contributed by atoms with Gasteiger partial charge in [0.15, 0.2) is 0 Å². The first-order chi connectivity index (χ1) is 31.0. The maximum absolute atomic E-state index is 12.2. The molecule has 0 spiro atoms. The Balaban J connectivity index is 0.944. The molecule has 0 unspecified atom stereocenters. The molecule has 4 heterocycles. The van der Waals surface area contributed by atoms with Crippen LogP contribution >= 0.6 is 0 Å². The normalized spacial score (nSPS) is 11.2. The molecule has 0 aromatic carbocycles. The summed E-state index contributed by atoms with van der Waals surface area (Å²) in [4.78, 5) is 42.9. The van der Waals surface area contributed by atoms with Crippen molar-refractivity contribution < 1.29 is 9.59 Å². The van der Waals surface area contributed by atoms with Gasteiger partial charge in [0.2, 0.25) is 11.8 Å². The number of hydrogen-bond acceptors (Lipinski definition) is 10. The number of hydrogen-bond donors (Lipinski definition) is 6. The summed E-state index contributed by atoms with van der Waals surface area (Å²) in [6.45, 7) is 9.00. The van der Waals surface area contributed by atoms with Crippen molar-refractivity contribution in [3.8, 4) is 22.8 Å². The Labute approximate surface area is 378 Å². The molecule has 0 radical (unpaired) electrons. The minimum Gasteiger partial charge on any atom is -0.352 e. The van der Waals surface area contributed by atoms with E-state index in [2.05, 4.69) is 78.3 Å². The summed E-state index contributed by atoms with van der Waals surface area (Å²) in [6, 6.07) is 16.3. The number of pyridine rings is 4. The lowest BCUT2D eigenvalue weighted by molar-refractivity contribution is -0.122. The molecular formula is C51H78N10O2. The van der Waals surface area contributed by atoms with Crippen molar-refractivity contribution in [2.24, 2.45) is 0 Å². The standard InChI is InChI=1S/C51H78N10O2/c1-3-5-7-9-11-13-15-22-50(62)56-40-44-26-30-48(54-38-44)46-28-24-42(36-52-46)20-17-32-58-60-34-19-35-61-59-33-18-21-43-25-29-47(53-37-43)49-31-27-45(39-55-49)41-57-51(63)23-16-14-12-10-8-6-4-2/h24-31,36-39,58-61H,3-23,32-35,40-41H2,1-2H3,(H,56,62)(H,57,63). The van der Waals surface area contributed by atoms with Gasteiger partial charge in [-0.15, -0.1) is 0 Å². The largest absolute Gasteiger partial charge is 0.352 e. The van der Waals surface area contributed by atoms with E-state index in [1.54, 1.807) is 0 Å². The van der Waals surface area contributed by atoms with Gasteiger partial charge in [0, 0.05) is 76.9 Å². The molecule has 12 heteroatoms. The monoisotopic (exact) mass is 863 g/mol. The highest BCUT2D eigenvalue weighted by Crippen LogP contribution is 2.18. The minimum absolute atomic E-state index is 0.115. The van der Waals surface area contributed by atoms with Gasteiger partial charge in [0.1, 0.15) is 0 Å². The SMILES string of the molecule is CCCCCCCCCC(=O)NCc1ccc(-c2ccc(CCCNNCCCNNCCCc3ccc(-c4ccc(CNC(=O)CCCCCCCCC)cn4)nc3)cn2)nc1. The van der Waals surface area contributed by atoms with Crippen LogP contribution in [0.25, 0.3) is 22.8 Å². The van der Waals surface area contributed by atoms with Crippen LogP contribution in [-0.2, 0) is 35.5 Å². The minimum atomic E-state index is 0.115. The summed E-state index contributed by atoms with van der Waals surface area (Å²) >= 11 is 0. The van der Waals surface area contributed by atoms with Crippen molar-refractivity contribution in [1.29, 1.82) is 0 Å². The van der Waals surface area contributed by atoms with Crippen molar-refractivity contribution in [3.63, 3.8) is 0 Å². The Hall–Kier alpha value is -4.62. The van der Waals surface area contributed by atoms with E-state index in [9.17, 15) is 9.59 Å². The number of nitrogens with zero attached hydrogens (tertiary/aromatic N) is 4. The molecule has 6 N–H and O–H groups in total. The third kappa shape index (κ3) is 23.0. The van der Waals surface area contributed by atoms with Crippen LogP contribution in [0.2, 0.25) is 0 Å². The fourth-order valence-electron chi connectivity index (χ4n) is 7.25. The van der Waals surface area contributed by atoms with Crippen LogP contribution in [0.3, 0.4) is 0 Å². The Morgan fingerprint density at radius 2 is 0.698 bits per heavy atom. The first-order valence-electron chi connectivity index (χ1n) is 24.3. The lowest BCUT2D eigenvalue weighted by Crippen LogP contribution is -2.37. The second-order valence-electron chi connectivity index (χ2n) is 16.8. The zero-order valence-corrected chi connectivity index (χ0v) is 38.6. The maximum atomic E-state index is 12.2. The van der Waals surface area contributed by atoms with E-state index in [4.69, 9.17) is 0 Å². The van der Waals surface area contributed by atoms with E-state index < -0.39 is 0 Å². The van der Waals surface area contributed by atoms with Gasteiger partial charge in [-0.1, -0.05) is 115 Å². The van der Waals surface area contributed by atoms with Crippen LogP contribution in [0, 0.1) is 0 Å². The first-order valence-corrected chi connectivity index (χ1v) is 24.3. The van der Waals surface area contributed by atoms with Gasteiger partial charge in [-0.2, -0.15) is 0 Å². The number of carbonyl (C=O) groups is 2. The fourth-order valence-corrected chi connectivity index (χ4v) is 7.25. The Bertz CT molecular complexity index is 1640. The Kier molecular flexibility index (Phi) is 26.7. The van der Waals surface area contributed by atoms with Crippen LogP contribution in [0.4, 0.5) is 0 Å². The number of nitrogens with one attached hydrogen (secondary N) is 6. The highest BCUT2D eigenvalue weighted by molar-refractivity contribution is 5.76. The molecule has 0 aliphatic rings. The second kappa shape index (κ2) is 33.0. The average Bonchev–Trinajstić information content (AvgIpc) is 3.32. The lowest BCUT2D eigenvalue weighted by atomic mass is 10.1. The Morgan fingerprint density at radius 3 is 1.03 bits per heavy atom. The highest BCUT2D eigenvalue weighted by Gasteiger charge is 2.07. The van der Waals surface area contributed by atoms with Crippen molar-refractivity contribution in [1.82, 2.24) is 52.3 Å². The molecule has 0 aliphatic carbocycles. The summed E-state index contributed by atoms with van der Waals surface area (Å²) < 4.78 is 0. The van der Waals surface area contributed by atoms with Gasteiger partial charge in [-0.25, -0.2) is 0 Å². The van der Waals surface area contributed by atoms with Crippen LogP contribution in [0.5, 0.6) is 0 Å². The molecule has 0 fully saturated rings. The molecule has 0 saturated heterocycles. The number of hydrazine groups is 2. The molecule has 12 nitrogen and oxygen atoms in total. The van der Waals surface area contributed by atoms with Crippen molar-refractivity contribution in [2.45, 2.75) is 162 Å². The predicted molar refractivity (Wildman–Crippen MR) is 257 cm³/mol. The van der Waals surface area contributed by atoms with Gasteiger partial charge in [-0.05, 0) is 91.5 Å². The van der Waals surface area contributed by atoms with Gasteiger partial charge in [0.25, 0.3) is 0 Å². The molecular weight excluding hydrogens is 785 g/mol. The van der Waals surface area contributed by atoms with Crippen LogP contribution in [0.15, 0.2) is 73.3 Å². The number of unbranched alkanes of at least 4 members (excludes halogenated alkanes) is 12. The second-order valence-corrected chi connectivity index (χ2v) is 16.8. The predicted octanol–water partition coefficient (Wildman–Crippen LogP) is 9.26. The van der Waals surface area contributed by atoms with Crippen LogP contribution < -0.4 is 32.3 Å². The highest BCUT2D eigenvalue weighted by atomic mass is 16.2. The number of rotatable bonds is 36. The molecule has 4 aromatic rings. The Morgan fingerprint density at radius 1 is 0.381 bits per heavy atom. The molecule has 0 bridgehead atoms. The average molecular weight is 863 g/mol. The quantitative estimate of drug-likeness (QED) is 0.0192. The molecule has 2 amide bonds. The number of amides is 2. The van der Waals surface area contributed by atoms with Crippen LogP contribution in [0.1, 0.15) is 158 Å². The van der Waals surface area contributed by atoms with Gasteiger partial charge < -0.3 is 10.6 Å². The van der Waals surface area contributed by atoms with Gasteiger partial charge >= 0.3 is 0 Å². The van der Waals surface area contributed by atoms with Crippen molar-refractivity contribution in [3.05, 3.63) is 95.6 Å². The first kappa shape index (κ1) is 51.0.